The molecule has 28 heavy (non-hydrogen) atoms. The van der Waals surface area contributed by atoms with E-state index in [0.29, 0.717) is 28.3 Å². The summed E-state index contributed by atoms with van der Waals surface area (Å²) in [6.45, 7) is 0. The number of rotatable bonds is 3. The number of hydrogen-bond acceptors (Lipinski definition) is 4. The normalized spacial score (nSPS) is 28.0. The molecule has 0 radical (unpaired) electrons. The van der Waals surface area contributed by atoms with Gasteiger partial charge in [0, 0.05) is 0 Å². The highest BCUT2D eigenvalue weighted by molar-refractivity contribution is 6.33. The van der Waals surface area contributed by atoms with Crippen LogP contribution in [0.2, 0.25) is 5.02 Å². The molecule has 6 heteroatoms. The molecule has 2 amide bonds. The summed E-state index contributed by atoms with van der Waals surface area (Å²) >= 11 is 6.02. The third-order valence-electron chi connectivity index (χ3n) is 6.33. The standard InChI is InChI=1S/C22H18ClNO4/c23-17-4-2-1-3-16(17)22(27)28-15-9-7-14(8-10-15)24-20(25)18-12-5-6-13(11-12)19(18)21(24)26/h1-4,7-10,12-13,18-19H,5-6,11H2/t12-,13-,18-,19+/m0/s1. The fourth-order valence-corrected chi connectivity index (χ4v) is 5.33. The van der Waals surface area contributed by atoms with Gasteiger partial charge in [-0.25, -0.2) is 4.79 Å². The van der Waals surface area contributed by atoms with Gasteiger partial charge in [-0.3, -0.25) is 14.5 Å². The first kappa shape index (κ1) is 17.4. The smallest absolute Gasteiger partial charge is 0.345 e. The molecule has 5 nitrogen and oxygen atoms in total. The number of esters is 1. The van der Waals surface area contributed by atoms with Crippen molar-refractivity contribution in [1.82, 2.24) is 0 Å². The van der Waals surface area contributed by atoms with Crippen molar-refractivity contribution >= 4 is 35.1 Å². The summed E-state index contributed by atoms with van der Waals surface area (Å²) in [5.74, 6) is 0.0180. The lowest BCUT2D eigenvalue weighted by Crippen LogP contribution is -2.32. The minimum absolute atomic E-state index is 0.0805. The van der Waals surface area contributed by atoms with Crippen molar-refractivity contribution in [2.75, 3.05) is 4.90 Å². The van der Waals surface area contributed by atoms with Crippen LogP contribution >= 0.6 is 11.6 Å². The molecule has 1 aliphatic heterocycles. The minimum Gasteiger partial charge on any atom is -0.423 e. The summed E-state index contributed by atoms with van der Waals surface area (Å²) < 4.78 is 5.36. The lowest BCUT2D eigenvalue weighted by Gasteiger charge is -2.19. The fraction of sp³-hybridized carbons (Fsp3) is 0.318. The van der Waals surface area contributed by atoms with E-state index in [-0.39, 0.29) is 29.2 Å². The van der Waals surface area contributed by atoms with Gasteiger partial charge >= 0.3 is 5.97 Å². The second-order valence-electron chi connectivity index (χ2n) is 7.76. The number of ether oxygens (including phenoxy) is 1. The average molecular weight is 396 g/mol. The molecule has 2 aromatic rings. The van der Waals surface area contributed by atoms with Gasteiger partial charge < -0.3 is 4.74 Å². The molecule has 4 atom stereocenters. The summed E-state index contributed by atoms with van der Waals surface area (Å²) in [4.78, 5) is 39.3. The first-order valence-electron chi connectivity index (χ1n) is 9.49. The van der Waals surface area contributed by atoms with Crippen molar-refractivity contribution in [3.05, 3.63) is 59.1 Å². The SMILES string of the molecule is O=C(Oc1ccc(N2C(=O)[C@@H]3[C@H]4CC[C@@H](C4)[C@@H]3C2=O)cc1)c1ccccc1Cl. The Morgan fingerprint density at radius 1 is 0.929 bits per heavy atom. The zero-order valence-corrected chi connectivity index (χ0v) is 15.8. The predicted octanol–water partition coefficient (Wildman–Crippen LogP) is 4.09. The van der Waals surface area contributed by atoms with Gasteiger partial charge in [0.05, 0.1) is 28.1 Å². The van der Waals surface area contributed by atoms with E-state index in [1.54, 1.807) is 48.5 Å². The molecule has 2 bridgehead atoms. The second kappa shape index (κ2) is 6.45. The van der Waals surface area contributed by atoms with Crippen LogP contribution in [-0.4, -0.2) is 17.8 Å². The number of carbonyl (C=O) groups is 3. The van der Waals surface area contributed by atoms with Crippen molar-refractivity contribution in [3.63, 3.8) is 0 Å². The van der Waals surface area contributed by atoms with Gasteiger partial charge in [0.2, 0.25) is 11.8 Å². The van der Waals surface area contributed by atoms with Crippen molar-refractivity contribution < 1.29 is 19.1 Å². The number of imide groups is 1. The Balaban J connectivity index is 1.35. The van der Waals surface area contributed by atoms with Crippen LogP contribution in [0.4, 0.5) is 5.69 Å². The number of hydrogen-bond donors (Lipinski definition) is 0. The molecule has 0 aromatic heterocycles. The van der Waals surface area contributed by atoms with E-state index < -0.39 is 5.97 Å². The van der Waals surface area contributed by atoms with Crippen LogP contribution in [0.3, 0.4) is 0 Å². The van der Waals surface area contributed by atoms with Crippen LogP contribution in [-0.2, 0) is 9.59 Å². The van der Waals surface area contributed by atoms with Crippen molar-refractivity contribution in [3.8, 4) is 5.75 Å². The minimum atomic E-state index is -0.558. The molecule has 0 spiro atoms. The maximum absolute atomic E-state index is 12.9. The van der Waals surface area contributed by atoms with Crippen LogP contribution in [0.25, 0.3) is 0 Å². The number of carbonyl (C=O) groups excluding carboxylic acids is 3. The second-order valence-corrected chi connectivity index (χ2v) is 8.17. The topological polar surface area (TPSA) is 63.7 Å². The zero-order valence-electron chi connectivity index (χ0n) is 15.0. The van der Waals surface area contributed by atoms with Crippen molar-refractivity contribution in [2.45, 2.75) is 19.3 Å². The van der Waals surface area contributed by atoms with Gasteiger partial charge in [0.15, 0.2) is 0 Å². The van der Waals surface area contributed by atoms with E-state index in [1.807, 2.05) is 0 Å². The number of nitrogens with zero attached hydrogens (tertiary/aromatic N) is 1. The van der Waals surface area contributed by atoms with Gasteiger partial charge in [-0.15, -0.1) is 0 Å². The Hall–Kier alpha value is -2.66. The van der Waals surface area contributed by atoms with Gasteiger partial charge in [0.25, 0.3) is 0 Å². The number of halogens is 1. The summed E-state index contributed by atoms with van der Waals surface area (Å²) in [5.41, 5.74) is 0.808. The third kappa shape index (κ3) is 2.57. The van der Waals surface area contributed by atoms with E-state index in [2.05, 4.69) is 0 Å². The van der Waals surface area contributed by atoms with Gasteiger partial charge in [0.1, 0.15) is 5.75 Å². The van der Waals surface area contributed by atoms with E-state index in [9.17, 15) is 14.4 Å². The van der Waals surface area contributed by atoms with Crippen LogP contribution in [0, 0.1) is 23.7 Å². The molecule has 2 aromatic carbocycles. The Morgan fingerprint density at radius 2 is 1.54 bits per heavy atom. The third-order valence-corrected chi connectivity index (χ3v) is 6.66. The van der Waals surface area contributed by atoms with Crippen LogP contribution in [0.15, 0.2) is 48.5 Å². The molecule has 2 saturated carbocycles. The lowest BCUT2D eigenvalue weighted by molar-refractivity contribution is -0.123. The molecule has 0 unspecified atom stereocenters. The Kier molecular flexibility index (Phi) is 4.02. The number of amides is 2. The highest BCUT2D eigenvalue weighted by Gasteiger charge is 2.61. The number of fused-ring (bicyclic) bond motifs is 5. The van der Waals surface area contributed by atoms with Gasteiger partial charge in [-0.2, -0.15) is 0 Å². The number of benzene rings is 2. The summed E-state index contributed by atoms with van der Waals surface area (Å²) in [7, 11) is 0. The van der Waals surface area contributed by atoms with E-state index in [1.165, 1.54) is 4.90 Å². The monoisotopic (exact) mass is 395 g/mol. The molecule has 0 N–H and O–H groups in total. The first-order chi connectivity index (χ1) is 13.5. The molecule has 3 fully saturated rings. The van der Waals surface area contributed by atoms with Crippen molar-refractivity contribution in [2.24, 2.45) is 23.7 Å². The average Bonchev–Trinajstić information content (AvgIpc) is 3.37. The van der Waals surface area contributed by atoms with Crippen LogP contribution in [0.1, 0.15) is 29.6 Å². The van der Waals surface area contributed by atoms with Gasteiger partial charge in [-0.1, -0.05) is 23.7 Å². The van der Waals surface area contributed by atoms with E-state index >= 15 is 0 Å². The molecule has 1 heterocycles. The Morgan fingerprint density at radius 3 is 2.14 bits per heavy atom. The summed E-state index contributed by atoms with van der Waals surface area (Å²) in [5, 5.41) is 0.318. The van der Waals surface area contributed by atoms with E-state index in [0.717, 1.165) is 19.3 Å². The van der Waals surface area contributed by atoms with E-state index in [4.69, 9.17) is 16.3 Å². The first-order valence-corrected chi connectivity index (χ1v) is 9.87. The maximum atomic E-state index is 12.9. The lowest BCUT2D eigenvalue weighted by atomic mass is 9.81. The molecule has 2 aliphatic carbocycles. The van der Waals surface area contributed by atoms with Crippen LogP contribution < -0.4 is 9.64 Å². The molecule has 3 aliphatic rings. The Bertz CT molecular complexity index is 958. The largest absolute Gasteiger partial charge is 0.423 e. The van der Waals surface area contributed by atoms with Crippen molar-refractivity contribution in [1.29, 1.82) is 0 Å². The molecular formula is C22H18ClNO4. The quantitative estimate of drug-likeness (QED) is 0.446. The highest BCUT2D eigenvalue weighted by Crippen LogP contribution is 2.56. The van der Waals surface area contributed by atoms with Crippen LogP contribution in [0.5, 0.6) is 5.75 Å². The highest BCUT2D eigenvalue weighted by atomic mass is 35.5. The summed E-state index contributed by atoms with van der Waals surface area (Å²) in [6, 6.07) is 13.1. The molecular weight excluding hydrogens is 378 g/mol. The van der Waals surface area contributed by atoms with Gasteiger partial charge in [-0.05, 0) is 67.5 Å². The Labute approximate surface area is 167 Å². The zero-order chi connectivity index (χ0) is 19.4. The molecule has 142 valence electrons. The fourth-order valence-electron chi connectivity index (χ4n) is 5.12. The molecule has 1 saturated heterocycles. The predicted molar refractivity (Wildman–Crippen MR) is 103 cm³/mol. The summed E-state index contributed by atoms with van der Waals surface area (Å²) in [6.07, 6.45) is 3.11. The maximum Gasteiger partial charge on any atom is 0.345 e. The molecule has 5 rings (SSSR count). The number of anilines is 1.